The molecule has 0 amide bonds. The van der Waals surface area contributed by atoms with Gasteiger partial charge in [0.2, 0.25) is 0 Å². The second-order valence-corrected chi connectivity index (χ2v) is 4.58. The Morgan fingerprint density at radius 3 is 2.47 bits per heavy atom. The van der Waals surface area contributed by atoms with Gasteiger partial charge in [-0.25, -0.2) is 4.39 Å². The van der Waals surface area contributed by atoms with Crippen LogP contribution < -0.4 is 10.6 Å². The van der Waals surface area contributed by atoms with Crippen LogP contribution in [-0.4, -0.2) is 13.1 Å². The average molecular weight is 279 g/mol. The molecule has 0 atom stereocenters. The van der Waals surface area contributed by atoms with Crippen LogP contribution in [0, 0.1) is 5.82 Å². The Morgan fingerprint density at radius 1 is 0.947 bits per heavy atom. The van der Waals surface area contributed by atoms with Crippen molar-refractivity contribution in [3.8, 4) is 0 Å². The van der Waals surface area contributed by atoms with Crippen LogP contribution in [0.5, 0.6) is 0 Å². The van der Waals surface area contributed by atoms with E-state index in [4.69, 9.17) is 11.6 Å². The molecule has 2 rings (SSSR count). The highest BCUT2D eigenvalue weighted by atomic mass is 35.5. The van der Waals surface area contributed by atoms with Gasteiger partial charge < -0.3 is 10.6 Å². The maximum Gasteiger partial charge on any atom is 0.146 e. The Kier molecular flexibility index (Phi) is 5.19. The molecule has 2 aromatic rings. The second kappa shape index (κ2) is 7.12. The standard InChI is InChI=1S/C15H16ClFN2/c16-13-6-2-1-5-12(13)11-18-9-10-19-15-8-4-3-7-14(15)17/h1-8,18-19H,9-11H2. The van der Waals surface area contributed by atoms with Gasteiger partial charge in [0.1, 0.15) is 5.82 Å². The summed E-state index contributed by atoms with van der Waals surface area (Å²) in [5.74, 6) is -0.228. The van der Waals surface area contributed by atoms with Crippen LogP contribution in [0.25, 0.3) is 0 Å². The highest BCUT2D eigenvalue weighted by Gasteiger charge is 1.99. The van der Waals surface area contributed by atoms with E-state index in [1.54, 1.807) is 12.1 Å². The minimum atomic E-state index is -0.228. The maximum absolute atomic E-state index is 13.3. The molecule has 0 unspecified atom stereocenters. The van der Waals surface area contributed by atoms with Gasteiger partial charge >= 0.3 is 0 Å². The summed E-state index contributed by atoms with van der Waals surface area (Å²) in [7, 11) is 0. The summed E-state index contributed by atoms with van der Waals surface area (Å²) >= 11 is 6.05. The summed E-state index contributed by atoms with van der Waals surface area (Å²) in [6.07, 6.45) is 0. The molecule has 0 saturated heterocycles. The lowest BCUT2D eigenvalue weighted by molar-refractivity contribution is 0.628. The molecule has 2 N–H and O–H groups in total. The second-order valence-electron chi connectivity index (χ2n) is 4.17. The number of hydrogen-bond donors (Lipinski definition) is 2. The van der Waals surface area contributed by atoms with Crippen molar-refractivity contribution in [2.45, 2.75) is 6.54 Å². The molecule has 0 aromatic heterocycles. The molecule has 0 aliphatic rings. The molecule has 19 heavy (non-hydrogen) atoms. The summed E-state index contributed by atoms with van der Waals surface area (Å²) in [6.45, 7) is 2.10. The van der Waals surface area contributed by atoms with E-state index in [9.17, 15) is 4.39 Å². The Hall–Kier alpha value is -1.58. The van der Waals surface area contributed by atoms with Crippen molar-refractivity contribution in [3.63, 3.8) is 0 Å². The molecular weight excluding hydrogens is 263 g/mol. The molecule has 2 aromatic carbocycles. The average Bonchev–Trinajstić information content (AvgIpc) is 2.42. The quantitative estimate of drug-likeness (QED) is 0.788. The van der Waals surface area contributed by atoms with Gasteiger partial charge in [-0.05, 0) is 23.8 Å². The van der Waals surface area contributed by atoms with E-state index in [-0.39, 0.29) is 5.82 Å². The van der Waals surface area contributed by atoms with E-state index in [0.717, 1.165) is 17.1 Å². The summed E-state index contributed by atoms with van der Waals surface area (Å²) in [5, 5.41) is 7.07. The lowest BCUT2D eigenvalue weighted by atomic mass is 10.2. The Morgan fingerprint density at radius 2 is 1.68 bits per heavy atom. The van der Waals surface area contributed by atoms with Crippen LogP contribution in [0.1, 0.15) is 5.56 Å². The first kappa shape index (κ1) is 13.8. The molecule has 4 heteroatoms. The van der Waals surface area contributed by atoms with E-state index < -0.39 is 0 Å². The molecule has 0 saturated carbocycles. The van der Waals surface area contributed by atoms with Gasteiger partial charge in [-0.2, -0.15) is 0 Å². The number of nitrogens with one attached hydrogen (secondary N) is 2. The third kappa shape index (κ3) is 4.23. The molecule has 0 heterocycles. The highest BCUT2D eigenvalue weighted by Crippen LogP contribution is 2.14. The predicted octanol–water partition coefficient (Wildman–Crippen LogP) is 3.68. The smallest absolute Gasteiger partial charge is 0.146 e. The number of benzene rings is 2. The van der Waals surface area contributed by atoms with Crippen molar-refractivity contribution in [1.82, 2.24) is 5.32 Å². The molecule has 100 valence electrons. The minimum Gasteiger partial charge on any atom is -0.381 e. The zero-order chi connectivity index (χ0) is 13.5. The Bertz CT molecular complexity index is 484. The van der Waals surface area contributed by atoms with Crippen molar-refractivity contribution in [1.29, 1.82) is 0 Å². The third-order valence-corrected chi connectivity index (χ3v) is 3.13. The summed E-state index contributed by atoms with van der Waals surface area (Å²) in [4.78, 5) is 0. The number of hydrogen-bond acceptors (Lipinski definition) is 2. The zero-order valence-electron chi connectivity index (χ0n) is 10.5. The van der Waals surface area contributed by atoms with Gasteiger partial charge in [0, 0.05) is 24.7 Å². The third-order valence-electron chi connectivity index (χ3n) is 2.76. The van der Waals surface area contributed by atoms with Crippen LogP contribution in [-0.2, 0) is 6.54 Å². The SMILES string of the molecule is Fc1ccccc1NCCNCc1ccccc1Cl. The number of halogens is 2. The van der Waals surface area contributed by atoms with Crippen molar-refractivity contribution in [2.24, 2.45) is 0 Å². The van der Waals surface area contributed by atoms with Gasteiger partial charge in [0.15, 0.2) is 0 Å². The fourth-order valence-corrected chi connectivity index (χ4v) is 1.96. The molecule has 0 aliphatic carbocycles. The van der Waals surface area contributed by atoms with Crippen LogP contribution in [0.15, 0.2) is 48.5 Å². The first-order valence-electron chi connectivity index (χ1n) is 6.20. The number of anilines is 1. The Balaban J connectivity index is 1.71. The summed E-state index contributed by atoms with van der Waals surface area (Å²) in [5.41, 5.74) is 1.59. The summed E-state index contributed by atoms with van der Waals surface area (Å²) < 4.78 is 13.3. The van der Waals surface area contributed by atoms with Gasteiger partial charge in [-0.1, -0.05) is 41.9 Å². The molecule has 0 spiro atoms. The van der Waals surface area contributed by atoms with Crippen LogP contribution in [0.2, 0.25) is 5.02 Å². The van der Waals surface area contributed by atoms with E-state index in [1.807, 2.05) is 30.3 Å². The van der Waals surface area contributed by atoms with Crippen molar-refractivity contribution in [3.05, 3.63) is 64.9 Å². The minimum absolute atomic E-state index is 0.228. The normalized spacial score (nSPS) is 10.4. The highest BCUT2D eigenvalue weighted by molar-refractivity contribution is 6.31. The monoisotopic (exact) mass is 278 g/mol. The lowest BCUT2D eigenvalue weighted by Crippen LogP contribution is -2.22. The van der Waals surface area contributed by atoms with Gasteiger partial charge in [-0.3, -0.25) is 0 Å². The van der Waals surface area contributed by atoms with Gasteiger partial charge in [-0.15, -0.1) is 0 Å². The van der Waals surface area contributed by atoms with Crippen molar-refractivity contribution < 1.29 is 4.39 Å². The first-order chi connectivity index (χ1) is 9.27. The molecule has 2 nitrogen and oxygen atoms in total. The maximum atomic E-state index is 13.3. The summed E-state index contributed by atoms with van der Waals surface area (Å²) in [6, 6.07) is 14.4. The van der Waals surface area contributed by atoms with E-state index >= 15 is 0 Å². The van der Waals surface area contributed by atoms with Gasteiger partial charge in [0.25, 0.3) is 0 Å². The first-order valence-corrected chi connectivity index (χ1v) is 6.57. The fraction of sp³-hybridized carbons (Fsp3) is 0.200. The molecule has 0 aliphatic heterocycles. The predicted molar refractivity (Wildman–Crippen MR) is 78.0 cm³/mol. The molecular formula is C15H16ClFN2. The van der Waals surface area contributed by atoms with Crippen molar-refractivity contribution >= 4 is 17.3 Å². The van der Waals surface area contributed by atoms with Crippen molar-refractivity contribution in [2.75, 3.05) is 18.4 Å². The number of para-hydroxylation sites is 1. The fourth-order valence-electron chi connectivity index (χ4n) is 1.75. The van der Waals surface area contributed by atoms with E-state index in [1.165, 1.54) is 6.07 Å². The van der Waals surface area contributed by atoms with Crippen LogP contribution >= 0.6 is 11.6 Å². The topological polar surface area (TPSA) is 24.1 Å². The Labute approximate surface area is 117 Å². The molecule has 0 bridgehead atoms. The number of rotatable bonds is 6. The van der Waals surface area contributed by atoms with E-state index in [0.29, 0.717) is 18.8 Å². The van der Waals surface area contributed by atoms with Gasteiger partial charge in [0.05, 0.1) is 5.69 Å². The van der Waals surface area contributed by atoms with E-state index in [2.05, 4.69) is 10.6 Å². The molecule has 0 fully saturated rings. The largest absolute Gasteiger partial charge is 0.381 e. The van der Waals surface area contributed by atoms with Crippen LogP contribution in [0.4, 0.5) is 10.1 Å². The van der Waals surface area contributed by atoms with Crippen LogP contribution in [0.3, 0.4) is 0 Å². The molecule has 0 radical (unpaired) electrons. The lowest BCUT2D eigenvalue weighted by Gasteiger charge is -2.09. The zero-order valence-corrected chi connectivity index (χ0v) is 11.3.